The number of para-hydroxylation sites is 1. The van der Waals surface area contributed by atoms with Gasteiger partial charge in [-0.2, -0.15) is 0 Å². The van der Waals surface area contributed by atoms with Crippen LogP contribution in [0.2, 0.25) is 0 Å². The van der Waals surface area contributed by atoms with Gasteiger partial charge in [-0.3, -0.25) is 0 Å². The summed E-state index contributed by atoms with van der Waals surface area (Å²) >= 11 is 1.97. The maximum Gasteiger partial charge on any atom is 0.0880 e. The third-order valence-corrected chi connectivity index (χ3v) is 16.3. The highest BCUT2D eigenvalue weighted by molar-refractivity contribution is 8.09. The molecule has 0 spiro atoms. The van der Waals surface area contributed by atoms with Gasteiger partial charge in [0, 0.05) is 32.1 Å². The number of aromatic nitrogens is 1. The molecular formula is C67H46N2S. The fourth-order valence-electron chi connectivity index (χ4n) is 12.0. The smallest absolute Gasteiger partial charge is 0.0880 e. The summed E-state index contributed by atoms with van der Waals surface area (Å²) < 4.78 is 2.48. The van der Waals surface area contributed by atoms with Gasteiger partial charge in [0.25, 0.3) is 0 Å². The number of benzene rings is 11. The van der Waals surface area contributed by atoms with Crippen molar-refractivity contribution in [2.45, 2.75) is 17.2 Å². The summed E-state index contributed by atoms with van der Waals surface area (Å²) in [6, 6.07) is 94.6. The number of fused-ring (bicyclic) bond motifs is 8. The number of anilines is 2. The average Bonchev–Trinajstić information content (AvgIpc) is 4.14. The largest absolute Gasteiger partial charge is 0.327 e. The number of rotatable bonds is 8. The van der Waals surface area contributed by atoms with E-state index in [2.05, 4.69) is 270 Å². The molecule has 1 aliphatic heterocycles. The van der Waals surface area contributed by atoms with Crippen LogP contribution in [0, 0.1) is 0 Å². The second kappa shape index (κ2) is 16.4. The highest BCUT2D eigenvalue weighted by atomic mass is 32.2. The van der Waals surface area contributed by atoms with E-state index in [1.807, 2.05) is 11.8 Å². The highest BCUT2D eigenvalue weighted by Crippen LogP contribution is 2.57. The molecule has 0 radical (unpaired) electrons. The van der Waals surface area contributed by atoms with Crippen LogP contribution in [0.5, 0.6) is 0 Å². The Morgan fingerprint density at radius 1 is 0.400 bits per heavy atom. The zero-order valence-electron chi connectivity index (χ0n) is 38.4. The maximum atomic E-state index is 2.61. The Hall–Kier alpha value is -8.37. The molecule has 11 aromatic carbocycles. The van der Waals surface area contributed by atoms with Crippen molar-refractivity contribution in [2.24, 2.45) is 0 Å². The third kappa shape index (κ3) is 6.21. The molecule has 330 valence electrons. The van der Waals surface area contributed by atoms with E-state index in [9.17, 15) is 0 Å². The Morgan fingerprint density at radius 2 is 1.00 bits per heavy atom. The van der Waals surface area contributed by atoms with Gasteiger partial charge in [-0.1, -0.05) is 218 Å². The molecule has 2 nitrogen and oxygen atoms in total. The predicted octanol–water partition coefficient (Wildman–Crippen LogP) is 17.8. The van der Waals surface area contributed by atoms with Crippen molar-refractivity contribution in [3.8, 4) is 27.9 Å². The summed E-state index contributed by atoms with van der Waals surface area (Å²) in [4.78, 5) is 3.95. The van der Waals surface area contributed by atoms with E-state index >= 15 is 0 Å². The quantitative estimate of drug-likeness (QED) is 0.150. The minimum Gasteiger partial charge on any atom is -0.327 e. The summed E-state index contributed by atoms with van der Waals surface area (Å²) in [5.74, 6) is 0. The van der Waals surface area contributed by atoms with Crippen LogP contribution in [0.4, 0.5) is 11.4 Å². The molecule has 12 aromatic rings. The van der Waals surface area contributed by atoms with Gasteiger partial charge in [-0.05, 0) is 110 Å². The lowest BCUT2D eigenvalue weighted by Gasteiger charge is -2.34. The van der Waals surface area contributed by atoms with E-state index in [0.717, 1.165) is 12.1 Å². The lowest BCUT2D eigenvalue weighted by molar-refractivity contribution is 0.767. The molecule has 1 aromatic heterocycles. The zero-order valence-corrected chi connectivity index (χ0v) is 39.2. The molecule has 0 N–H and O–H groups in total. The van der Waals surface area contributed by atoms with E-state index < -0.39 is 5.41 Å². The van der Waals surface area contributed by atoms with Crippen molar-refractivity contribution in [3.63, 3.8) is 0 Å². The van der Waals surface area contributed by atoms with Crippen LogP contribution < -0.4 is 4.90 Å². The Morgan fingerprint density at radius 3 is 1.80 bits per heavy atom. The van der Waals surface area contributed by atoms with Crippen LogP contribution in [0.1, 0.15) is 34.2 Å². The lowest BCUT2D eigenvalue weighted by Crippen LogP contribution is -2.28. The van der Waals surface area contributed by atoms with E-state index in [4.69, 9.17) is 0 Å². The first kappa shape index (κ1) is 40.7. The Bertz CT molecular complexity index is 3970. The van der Waals surface area contributed by atoms with Gasteiger partial charge < -0.3 is 9.47 Å². The summed E-state index contributed by atoms with van der Waals surface area (Å²) in [7, 11) is 0. The van der Waals surface area contributed by atoms with Crippen LogP contribution in [0.3, 0.4) is 0 Å². The monoisotopic (exact) mass is 910 g/mol. The van der Waals surface area contributed by atoms with Crippen molar-refractivity contribution in [1.29, 1.82) is 0 Å². The normalized spacial score (nSPS) is 14.8. The van der Waals surface area contributed by atoms with E-state index in [1.165, 1.54) is 110 Å². The first-order chi connectivity index (χ1) is 34.7. The van der Waals surface area contributed by atoms with Gasteiger partial charge in [0.15, 0.2) is 0 Å². The molecule has 14 rings (SSSR count). The average molecular weight is 911 g/mol. The molecule has 0 saturated heterocycles. The molecule has 1 atom stereocenters. The Kier molecular flexibility index (Phi) is 9.53. The molecule has 0 bridgehead atoms. The van der Waals surface area contributed by atoms with Crippen LogP contribution in [-0.2, 0) is 5.41 Å². The topological polar surface area (TPSA) is 8.17 Å². The van der Waals surface area contributed by atoms with Gasteiger partial charge >= 0.3 is 0 Å². The molecular weight excluding hydrogens is 865 g/mol. The maximum absolute atomic E-state index is 2.61. The van der Waals surface area contributed by atoms with Crippen molar-refractivity contribution in [3.05, 3.63) is 289 Å². The molecule has 2 aliphatic rings. The van der Waals surface area contributed by atoms with Crippen molar-refractivity contribution < 1.29 is 0 Å². The lowest BCUT2D eigenvalue weighted by atomic mass is 9.67. The first-order valence-electron chi connectivity index (χ1n) is 24.3. The molecule has 1 unspecified atom stereocenters. The first-order valence-corrected chi connectivity index (χ1v) is 25.2. The highest BCUT2D eigenvalue weighted by Gasteiger charge is 2.46. The number of thioether (sulfide) groups is 1. The predicted molar refractivity (Wildman–Crippen MR) is 298 cm³/mol. The fraction of sp³-hybridized carbons (Fsp3) is 0.0448. The van der Waals surface area contributed by atoms with Gasteiger partial charge in [0.2, 0.25) is 0 Å². The summed E-state index contributed by atoms with van der Waals surface area (Å²) in [5, 5.41) is 7.64. The van der Waals surface area contributed by atoms with E-state index in [-0.39, 0.29) is 5.37 Å². The minimum atomic E-state index is -0.482. The molecule has 1 aliphatic carbocycles. The molecule has 2 heterocycles. The number of hydrogen-bond acceptors (Lipinski definition) is 2. The van der Waals surface area contributed by atoms with Crippen molar-refractivity contribution >= 4 is 71.4 Å². The summed E-state index contributed by atoms with van der Waals surface area (Å²) in [6.07, 6.45) is 3.36. The van der Waals surface area contributed by atoms with Gasteiger partial charge in [0.05, 0.1) is 33.2 Å². The Balaban J connectivity index is 0.925. The van der Waals surface area contributed by atoms with Gasteiger partial charge in [-0.15, -0.1) is 11.8 Å². The van der Waals surface area contributed by atoms with Gasteiger partial charge in [0.1, 0.15) is 0 Å². The van der Waals surface area contributed by atoms with Crippen LogP contribution in [0.25, 0.3) is 76.2 Å². The number of hydrogen-bond donors (Lipinski definition) is 0. The standard InChI is InChI=1S/C67H46N2S/c1-4-20-46(21-5-1)65-41-42-66(70-65)69(61-34-18-22-45-19-10-11-27-52(45)61)63-40-38-51(53-28-12-13-30-56(53)63)47-35-39-64-58(43-47)57-31-15-17-33-62(57)68(64)50-36-37-55-54-29-14-16-32-59(54)67(60(55)44-50,48-23-6-2-7-24-48)49-25-8-3-9-26-49/h1-41,43-44,66H,42H2. The fourth-order valence-corrected chi connectivity index (χ4v) is 13.3. The Labute approximate surface area is 412 Å². The second-order valence-corrected chi connectivity index (χ2v) is 19.9. The van der Waals surface area contributed by atoms with Crippen LogP contribution in [0.15, 0.2) is 261 Å². The molecule has 0 amide bonds. The molecule has 3 heteroatoms. The van der Waals surface area contributed by atoms with Crippen molar-refractivity contribution in [2.75, 3.05) is 4.90 Å². The third-order valence-electron chi connectivity index (χ3n) is 15.0. The minimum absolute atomic E-state index is 0.177. The summed E-state index contributed by atoms with van der Waals surface area (Å²) in [5.41, 5.74) is 16.9. The molecule has 0 saturated carbocycles. The molecule has 0 fully saturated rings. The van der Waals surface area contributed by atoms with E-state index in [0.29, 0.717) is 0 Å². The number of nitrogens with zero attached hydrogens (tertiary/aromatic N) is 2. The second-order valence-electron chi connectivity index (χ2n) is 18.6. The van der Waals surface area contributed by atoms with Crippen LogP contribution in [-0.4, -0.2) is 9.94 Å². The van der Waals surface area contributed by atoms with E-state index in [1.54, 1.807) is 0 Å². The van der Waals surface area contributed by atoms with Crippen molar-refractivity contribution in [1.82, 2.24) is 4.57 Å². The zero-order chi connectivity index (χ0) is 46.2. The van der Waals surface area contributed by atoms with Crippen LogP contribution >= 0.6 is 11.8 Å². The van der Waals surface area contributed by atoms with Gasteiger partial charge in [-0.25, -0.2) is 0 Å². The SMILES string of the molecule is C1=C(c2ccccc2)SC(N(c2cccc3ccccc23)c2ccc(-c3ccc4c(c3)c3ccccc3n4-c3ccc4c(c3)C(c3ccccc3)(c3ccccc3)c3ccccc3-4)c3ccccc23)C1. The summed E-state index contributed by atoms with van der Waals surface area (Å²) in [6.45, 7) is 0. The molecule has 70 heavy (non-hydrogen) atoms.